The van der Waals surface area contributed by atoms with Crippen molar-refractivity contribution in [2.24, 2.45) is 0 Å². The van der Waals surface area contributed by atoms with Gasteiger partial charge < -0.3 is 5.32 Å². The van der Waals surface area contributed by atoms with E-state index in [2.05, 4.69) is 15.3 Å². The third-order valence-corrected chi connectivity index (χ3v) is 3.98. The van der Waals surface area contributed by atoms with Crippen LogP contribution in [0.1, 0.15) is 20.3 Å². The number of imidazole rings is 1. The van der Waals surface area contributed by atoms with Gasteiger partial charge in [0.1, 0.15) is 12.1 Å². The molecule has 0 saturated heterocycles. The van der Waals surface area contributed by atoms with E-state index in [1.54, 1.807) is 10.8 Å². The fourth-order valence-corrected chi connectivity index (χ4v) is 2.73. The lowest BCUT2D eigenvalue weighted by Gasteiger charge is -2.05. The van der Waals surface area contributed by atoms with Gasteiger partial charge in [0.05, 0.1) is 6.20 Å². The van der Waals surface area contributed by atoms with Crippen LogP contribution in [0.25, 0.3) is 22.6 Å². The Balaban J connectivity index is 2.09. The summed E-state index contributed by atoms with van der Waals surface area (Å²) in [6, 6.07) is 9.56. The van der Waals surface area contributed by atoms with Crippen molar-refractivity contribution in [2.45, 2.75) is 33.4 Å². The van der Waals surface area contributed by atoms with Crippen LogP contribution in [0.2, 0.25) is 0 Å². The van der Waals surface area contributed by atoms with Gasteiger partial charge in [-0.15, -0.1) is 0 Å². The molecule has 7 nitrogen and oxygen atoms in total. The van der Waals surface area contributed by atoms with Crippen LogP contribution in [0.15, 0.2) is 41.3 Å². The molecule has 0 spiro atoms. The van der Waals surface area contributed by atoms with Crippen molar-refractivity contribution in [1.29, 1.82) is 0 Å². The van der Waals surface area contributed by atoms with Crippen LogP contribution < -0.4 is 11.0 Å². The molecule has 0 bridgehead atoms. The summed E-state index contributed by atoms with van der Waals surface area (Å²) in [6.07, 6.45) is 2.49. The Labute approximate surface area is 145 Å². The highest BCUT2D eigenvalue weighted by molar-refractivity contribution is 5.79. The third-order valence-electron chi connectivity index (χ3n) is 3.98. The molecule has 0 fully saturated rings. The number of hydrogen-bond acceptors (Lipinski definition) is 4. The molecule has 2 aromatic heterocycles. The second-order valence-corrected chi connectivity index (χ2v) is 5.73. The molecule has 2 heterocycles. The second-order valence-electron chi connectivity index (χ2n) is 5.73. The van der Waals surface area contributed by atoms with E-state index in [-0.39, 0.29) is 18.1 Å². The standard InChI is InChI=1S/C18H21N5O2/c1-3-10-19-15(24)12-23-17-14(22(4-2)18(23)25)11-20-16(21-17)13-8-6-5-7-9-13/h5-9,11H,3-4,10,12H2,1-2H3,(H,19,24). The number of rotatable bonds is 6. The number of nitrogens with one attached hydrogen (secondary N) is 1. The van der Waals surface area contributed by atoms with Crippen LogP contribution in [0.4, 0.5) is 0 Å². The zero-order valence-corrected chi connectivity index (χ0v) is 14.4. The third kappa shape index (κ3) is 3.31. The van der Waals surface area contributed by atoms with Crippen molar-refractivity contribution in [3.63, 3.8) is 0 Å². The maximum Gasteiger partial charge on any atom is 0.330 e. The number of carbonyl (C=O) groups is 1. The lowest BCUT2D eigenvalue weighted by atomic mass is 10.2. The summed E-state index contributed by atoms with van der Waals surface area (Å²) in [7, 11) is 0. The topological polar surface area (TPSA) is 81.8 Å². The van der Waals surface area contributed by atoms with E-state index in [0.717, 1.165) is 12.0 Å². The largest absolute Gasteiger partial charge is 0.355 e. The Kier molecular flexibility index (Phi) is 4.92. The van der Waals surface area contributed by atoms with Crippen molar-refractivity contribution >= 4 is 17.1 Å². The van der Waals surface area contributed by atoms with Gasteiger partial charge >= 0.3 is 5.69 Å². The first-order chi connectivity index (χ1) is 12.2. The van der Waals surface area contributed by atoms with Crippen LogP contribution in [-0.4, -0.2) is 31.6 Å². The van der Waals surface area contributed by atoms with E-state index < -0.39 is 0 Å². The van der Waals surface area contributed by atoms with Crippen molar-refractivity contribution in [2.75, 3.05) is 6.54 Å². The molecule has 3 aromatic rings. The molecule has 0 aliphatic rings. The molecule has 0 aliphatic carbocycles. The summed E-state index contributed by atoms with van der Waals surface area (Å²) >= 11 is 0. The molecular weight excluding hydrogens is 318 g/mol. The summed E-state index contributed by atoms with van der Waals surface area (Å²) in [4.78, 5) is 33.7. The Bertz CT molecular complexity index is 943. The molecule has 0 saturated carbocycles. The Morgan fingerprint density at radius 1 is 1.16 bits per heavy atom. The van der Waals surface area contributed by atoms with E-state index >= 15 is 0 Å². The van der Waals surface area contributed by atoms with E-state index in [9.17, 15) is 9.59 Å². The number of benzene rings is 1. The number of nitrogens with zero attached hydrogens (tertiary/aromatic N) is 4. The van der Waals surface area contributed by atoms with E-state index in [4.69, 9.17) is 0 Å². The molecule has 0 atom stereocenters. The van der Waals surface area contributed by atoms with Gasteiger partial charge in [0.25, 0.3) is 0 Å². The van der Waals surface area contributed by atoms with Gasteiger partial charge in [-0.2, -0.15) is 0 Å². The quantitative estimate of drug-likeness (QED) is 0.742. The lowest BCUT2D eigenvalue weighted by molar-refractivity contribution is -0.121. The highest BCUT2D eigenvalue weighted by atomic mass is 16.2. The minimum Gasteiger partial charge on any atom is -0.355 e. The Morgan fingerprint density at radius 2 is 1.92 bits per heavy atom. The number of hydrogen-bond donors (Lipinski definition) is 1. The Hall–Kier alpha value is -2.96. The molecule has 7 heteroatoms. The second kappa shape index (κ2) is 7.29. The highest BCUT2D eigenvalue weighted by Crippen LogP contribution is 2.17. The van der Waals surface area contributed by atoms with Gasteiger partial charge in [0, 0.05) is 18.7 Å². The normalized spacial score (nSPS) is 11.0. The minimum absolute atomic E-state index is 0.0480. The summed E-state index contributed by atoms with van der Waals surface area (Å²) in [6.45, 7) is 4.90. The summed E-state index contributed by atoms with van der Waals surface area (Å²) in [5.41, 5.74) is 1.73. The lowest BCUT2D eigenvalue weighted by Crippen LogP contribution is -2.33. The first-order valence-corrected chi connectivity index (χ1v) is 8.43. The van der Waals surface area contributed by atoms with Crippen molar-refractivity contribution < 1.29 is 4.79 Å². The smallest absolute Gasteiger partial charge is 0.330 e. The molecule has 1 aromatic carbocycles. The molecule has 3 rings (SSSR count). The predicted octanol–water partition coefficient (Wildman–Crippen LogP) is 1.81. The number of amides is 1. The van der Waals surface area contributed by atoms with E-state index in [0.29, 0.717) is 30.1 Å². The van der Waals surface area contributed by atoms with Gasteiger partial charge in [0.2, 0.25) is 5.91 Å². The molecule has 1 amide bonds. The molecule has 0 aliphatic heterocycles. The Morgan fingerprint density at radius 3 is 2.60 bits per heavy atom. The minimum atomic E-state index is -0.247. The van der Waals surface area contributed by atoms with Crippen LogP contribution in [0.5, 0.6) is 0 Å². The van der Waals surface area contributed by atoms with Crippen LogP contribution >= 0.6 is 0 Å². The zero-order chi connectivity index (χ0) is 17.8. The number of aromatic nitrogens is 4. The van der Waals surface area contributed by atoms with Crippen LogP contribution in [0, 0.1) is 0 Å². The van der Waals surface area contributed by atoms with E-state index in [1.807, 2.05) is 44.2 Å². The number of carbonyl (C=O) groups excluding carboxylic acids is 1. The number of aryl methyl sites for hydroxylation is 1. The SMILES string of the molecule is CCCNC(=O)Cn1c(=O)n(CC)c2cnc(-c3ccccc3)nc21. The van der Waals surface area contributed by atoms with E-state index in [1.165, 1.54) is 4.57 Å². The molecule has 25 heavy (non-hydrogen) atoms. The summed E-state index contributed by atoms with van der Waals surface area (Å²) in [5.74, 6) is 0.336. The molecule has 1 N–H and O–H groups in total. The summed E-state index contributed by atoms with van der Waals surface area (Å²) < 4.78 is 3.00. The van der Waals surface area contributed by atoms with Crippen LogP contribution in [0.3, 0.4) is 0 Å². The maximum absolute atomic E-state index is 12.7. The maximum atomic E-state index is 12.7. The first kappa shape index (κ1) is 16.9. The molecule has 0 radical (unpaired) electrons. The summed E-state index contributed by atoms with van der Waals surface area (Å²) in [5, 5.41) is 2.79. The fraction of sp³-hybridized carbons (Fsp3) is 0.333. The van der Waals surface area contributed by atoms with Gasteiger partial charge in [-0.25, -0.2) is 14.8 Å². The van der Waals surface area contributed by atoms with Gasteiger partial charge in [-0.1, -0.05) is 37.3 Å². The highest BCUT2D eigenvalue weighted by Gasteiger charge is 2.17. The van der Waals surface area contributed by atoms with Crippen LogP contribution in [-0.2, 0) is 17.9 Å². The van der Waals surface area contributed by atoms with Crippen molar-refractivity contribution in [3.05, 3.63) is 47.0 Å². The monoisotopic (exact) mass is 339 g/mol. The zero-order valence-electron chi connectivity index (χ0n) is 14.4. The molecular formula is C18H21N5O2. The fourth-order valence-electron chi connectivity index (χ4n) is 2.73. The average Bonchev–Trinajstić information content (AvgIpc) is 2.91. The van der Waals surface area contributed by atoms with Gasteiger partial charge in [-0.05, 0) is 13.3 Å². The van der Waals surface area contributed by atoms with Gasteiger partial charge in [-0.3, -0.25) is 13.9 Å². The van der Waals surface area contributed by atoms with Crippen molar-refractivity contribution in [1.82, 2.24) is 24.4 Å². The average molecular weight is 339 g/mol. The number of fused-ring (bicyclic) bond motifs is 1. The molecule has 0 unspecified atom stereocenters. The molecule has 130 valence electrons. The van der Waals surface area contributed by atoms with Crippen molar-refractivity contribution in [3.8, 4) is 11.4 Å². The first-order valence-electron chi connectivity index (χ1n) is 8.43. The van der Waals surface area contributed by atoms with Gasteiger partial charge in [0.15, 0.2) is 11.5 Å². The predicted molar refractivity (Wildman–Crippen MR) is 96.2 cm³/mol.